The van der Waals surface area contributed by atoms with E-state index in [0.29, 0.717) is 5.02 Å². The van der Waals surface area contributed by atoms with Crippen molar-refractivity contribution in [1.29, 1.82) is 0 Å². The number of hydrogen-bond acceptors (Lipinski definition) is 1. The summed E-state index contributed by atoms with van der Waals surface area (Å²) in [6.07, 6.45) is 2.57. The van der Waals surface area contributed by atoms with Gasteiger partial charge in [0.1, 0.15) is 0 Å². The van der Waals surface area contributed by atoms with Gasteiger partial charge in [0, 0.05) is 5.02 Å². The molecule has 0 radical (unpaired) electrons. The van der Waals surface area contributed by atoms with Crippen LogP contribution >= 0.6 is 11.6 Å². The van der Waals surface area contributed by atoms with Gasteiger partial charge in [-0.2, -0.15) is 0 Å². The summed E-state index contributed by atoms with van der Waals surface area (Å²) in [4.78, 5) is 0. The van der Waals surface area contributed by atoms with Gasteiger partial charge in [0.15, 0.2) is 0 Å². The van der Waals surface area contributed by atoms with E-state index < -0.39 is 0 Å². The Balaban J connectivity index is 2.33. The molecule has 1 nitrogen and oxygen atoms in total. The lowest BCUT2D eigenvalue weighted by Gasteiger charge is -2.03. The van der Waals surface area contributed by atoms with Crippen LogP contribution in [0.4, 0.5) is 0 Å². The zero-order valence-electron chi connectivity index (χ0n) is 6.76. The molecule has 0 aliphatic heterocycles. The second-order valence-electron chi connectivity index (χ2n) is 3.28. The fourth-order valence-electron chi connectivity index (χ4n) is 1.39. The molecule has 64 valence electrons. The van der Waals surface area contributed by atoms with E-state index in [1.807, 2.05) is 12.1 Å². The molecule has 2 rings (SSSR count). The van der Waals surface area contributed by atoms with Gasteiger partial charge in [0.2, 0.25) is 0 Å². The molecule has 1 saturated carbocycles. The summed E-state index contributed by atoms with van der Waals surface area (Å²) in [5.74, 6) is 0.729. The van der Waals surface area contributed by atoms with Crippen LogP contribution in [0, 0.1) is 0 Å². The molecule has 1 aliphatic carbocycles. The number of benzene rings is 1. The zero-order chi connectivity index (χ0) is 8.55. The Hall–Kier alpha value is -0.530. The first-order valence-corrected chi connectivity index (χ1v) is 4.58. The second-order valence-corrected chi connectivity index (χ2v) is 3.69. The largest absolute Gasteiger partial charge is 0.392 e. The SMILES string of the molecule is OCc1cc(C2CC2)ccc1Cl. The summed E-state index contributed by atoms with van der Waals surface area (Å²) in [7, 11) is 0. The van der Waals surface area contributed by atoms with Gasteiger partial charge in [-0.05, 0) is 36.0 Å². The summed E-state index contributed by atoms with van der Waals surface area (Å²) < 4.78 is 0. The predicted octanol–water partition coefficient (Wildman–Crippen LogP) is 2.71. The first-order valence-electron chi connectivity index (χ1n) is 4.20. The minimum Gasteiger partial charge on any atom is -0.392 e. The van der Waals surface area contributed by atoms with Crippen molar-refractivity contribution in [2.24, 2.45) is 0 Å². The van der Waals surface area contributed by atoms with Crippen molar-refractivity contribution in [3.63, 3.8) is 0 Å². The van der Waals surface area contributed by atoms with Gasteiger partial charge in [-0.3, -0.25) is 0 Å². The molecule has 0 heterocycles. The first-order chi connectivity index (χ1) is 5.81. The maximum absolute atomic E-state index is 8.96. The molecular formula is C10H11ClO. The van der Waals surface area contributed by atoms with Crippen LogP contribution in [0.5, 0.6) is 0 Å². The summed E-state index contributed by atoms with van der Waals surface area (Å²) in [5.41, 5.74) is 2.17. The van der Waals surface area contributed by atoms with Crippen LogP contribution in [0.25, 0.3) is 0 Å². The molecule has 0 unspecified atom stereocenters. The number of aliphatic hydroxyl groups is 1. The fourth-order valence-corrected chi connectivity index (χ4v) is 1.56. The lowest BCUT2D eigenvalue weighted by atomic mass is 10.1. The van der Waals surface area contributed by atoms with E-state index in [-0.39, 0.29) is 6.61 Å². The van der Waals surface area contributed by atoms with E-state index in [1.165, 1.54) is 18.4 Å². The molecular weight excluding hydrogens is 172 g/mol. The van der Waals surface area contributed by atoms with Crippen molar-refractivity contribution in [3.8, 4) is 0 Å². The molecule has 1 N–H and O–H groups in total. The van der Waals surface area contributed by atoms with Crippen molar-refractivity contribution in [2.45, 2.75) is 25.4 Å². The average molecular weight is 183 g/mol. The highest BCUT2D eigenvalue weighted by atomic mass is 35.5. The van der Waals surface area contributed by atoms with Crippen molar-refractivity contribution >= 4 is 11.6 Å². The van der Waals surface area contributed by atoms with Crippen molar-refractivity contribution in [1.82, 2.24) is 0 Å². The van der Waals surface area contributed by atoms with E-state index >= 15 is 0 Å². The van der Waals surface area contributed by atoms with E-state index in [9.17, 15) is 0 Å². The molecule has 0 amide bonds. The van der Waals surface area contributed by atoms with E-state index in [1.54, 1.807) is 0 Å². The van der Waals surface area contributed by atoms with Crippen LogP contribution in [0.2, 0.25) is 5.02 Å². The van der Waals surface area contributed by atoms with Gasteiger partial charge in [0.05, 0.1) is 6.61 Å². The Kier molecular flexibility index (Phi) is 2.07. The third-order valence-corrected chi connectivity index (χ3v) is 2.66. The van der Waals surface area contributed by atoms with E-state index in [4.69, 9.17) is 16.7 Å². The van der Waals surface area contributed by atoms with Gasteiger partial charge in [-0.1, -0.05) is 23.7 Å². The highest BCUT2D eigenvalue weighted by molar-refractivity contribution is 6.31. The Labute approximate surface area is 77.0 Å². The van der Waals surface area contributed by atoms with Gasteiger partial charge in [-0.25, -0.2) is 0 Å². The van der Waals surface area contributed by atoms with Crippen molar-refractivity contribution in [3.05, 3.63) is 34.3 Å². The topological polar surface area (TPSA) is 20.2 Å². The summed E-state index contributed by atoms with van der Waals surface area (Å²) >= 11 is 5.86. The number of halogens is 1. The second kappa shape index (κ2) is 3.08. The number of hydrogen-bond donors (Lipinski definition) is 1. The maximum Gasteiger partial charge on any atom is 0.0696 e. The first kappa shape index (κ1) is 8.09. The molecule has 0 atom stereocenters. The Morgan fingerprint density at radius 1 is 1.42 bits per heavy atom. The summed E-state index contributed by atoms with van der Waals surface area (Å²) in [6, 6.07) is 5.94. The molecule has 1 aromatic carbocycles. The lowest BCUT2D eigenvalue weighted by Crippen LogP contribution is -1.87. The highest BCUT2D eigenvalue weighted by Crippen LogP contribution is 2.40. The van der Waals surface area contributed by atoms with Crippen molar-refractivity contribution < 1.29 is 5.11 Å². The monoisotopic (exact) mass is 182 g/mol. The van der Waals surface area contributed by atoms with Crippen LogP contribution in [0.1, 0.15) is 29.9 Å². The Morgan fingerprint density at radius 3 is 2.75 bits per heavy atom. The van der Waals surface area contributed by atoms with E-state index in [0.717, 1.165) is 11.5 Å². The Morgan fingerprint density at radius 2 is 2.17 bits per heavy atom. The fraction of sp³-hybridized carbons (Fsp3) is 0.400. The van der Waals surface area contributed by atoms with Crippen LogP contribution in [0.15, 0.2) is 18.2 Å². The smallest absolute Gasteiger partial charge is 0.0696 e. The minimum absolute atomic E-state index is 0.0411. The van der Waals surface area contributed by atoms with Gasteiger partial charge in [0.25, 0.3) is 0 Å². The quantitative estimate of drug-likeness (QED) is 0.746. The minimum atomic E-state index is 0.0411. The molecule has 1 aliphatic rings. The Bertz CT molecular complexity index is 292. The van der Waals surface area contributed by atoms with E-state index in [2.05, 4.69) is 6.07 Å². The van der Waals surface area contributed by atoms with Crippen LogP contribution in [-0.4, -0.2) is 5.11 Å². The van der Waals surface area contributed by atoms with Gasteiger partial charge >= 0.3 is 0 Å². The third-order valence-electron chi connectivity index (χ3n) is 2.29. The maximum atomic E-state index is 8.96. The standard InChI is InChI=1S/C10H11ClO/c11-10-4-3-8(7-1-2-7)5-9(10)6-12/h3-5,7,12H,1-2,6H2. The molecule has 0 saturated heterocycles. The number of aliphatic hydroxyl groups excluding tert-OH is 1. The van der Waals surface area contributed by atoms with Gasteiger partial charge in [-0.15, -0.1) is 0 Å². The lowest BCUT2D eigenvalue weighted by molar-refractivity contribution is 0.282. The summed E-state index contributed by atoms with van der Waals surface area (Å²) in [6.45, 7) is 0.0411. The predicted molar refractivity (Wildman–Crippen MR) is 49.3 cm³/mol. The third kappa shape index (κ3) is 1.47. The molecule has 12 heavy (non-hydrogen) atoms. The molecule has 2 heteroatoms. The molecule has 1 fully saturated rings. The number of rotatable bonds is 2. The zero-order valence-corrected chi connectivity index (χ0v) is 7.51. The molecule has 0 spiro atoms. The van der Waals surface area contributed by atoms with Crippen LogP contribution in [-0.2, 0) is 6.61 Å². The van der Waals surface area contributed by atoms with Crippen LogP contribution in [0.3, 0.4) is 0 Å². The normalized spacial score (nSPS) is 16.5. The van der Waals surface area contributed by atoms with Gasteiger partial charge < -0.3 is 5.11 Å². The summed E-state index contributed by atoms with van der Waals surface area (Å²) in [5, 5.41) is 9.63. The average Bonchev–Trinajstić information content (AvgIpc) is 2.88. The molecule has 0 bridgehead atoms. The highest BCUT2D eigenvalue weighted by Gasteiger charge is 2.23. The van der Waals surface area contributed by atoms with Crippen molar-refractivity contribution in [2.75, 3.05) is 0 Å². The molecule has 0 aromatic heterocycles. The van der Waals surface area contributed by atoms with Crippen LogP contribution < -0.4 is 0 Å². The molecule has 1 aromatic rings.